The molecule has 1 aliphatic carbocycles. The van der Waals surface area contributed by atoms with E-state index in [1.54, 1.807) is 36.7 Å². The normalized spacial score (nSPS) is 14.1. The molecule has 0 saturated heterocycles. The van der Waals surface area contributed by atoms with Crippen molar-refractivity contribution in [3.05, 3.63) is 78.2 Å². The van der Waals surface area contributed by atoms with Crippen molar-refractivity contribution in [1.82, 2.24) is 25.5 Å². The van der Waals surface area contributed by atoms with Gasteiger partial charge in [-0.3, -0.25) is 20.2 Å². The Labute approximate surface area is 177 Å². The fourth-order valence-corrected chi connectivity index (χ4v) is 3.48. The first-order valence-corrected chi connectivity index (χ1v) is 9.84. The number of nitrogens with zero attached hydrogens (tertiary/aromatic N) is 3. The fourth-order valence-electron chi connectivity index (χ4n) is 3.48. The number of rotatable bonds is 5. The van der Waals surface area contributed by atoms with Crippen LogP contribution in [0.5, 0.6) is 0 Å². The number of hydrogen-bond donors (Lipinski definition) is 4. The lowest BCUT2D eigenvalue weighted by Crippen LogP contribution is -2.38. The summed E-state index contributed by atoms with van der Waals surface area (Å²) in [7, 11) is 0. The van der Waals surface area contributed by atoms with E-state index >= 15 is 0 Å². The largest absolute Gasteiger partial charge is 0.328 e. The number of H-pyrrole nitrogens is 1. The Morgan fingerprint density at radius 1 is 0.968 bits per heavy atom. The smallest absolute Gasteiger partial charge is 0.321 e. The highest BCUT2D eigenvalue weighted by Gasteiger charge is 2.45. The van der Waals surface area contributed by atoms with Crippen LogP contribution in [-0.2, 0) is 5.54 Å². The number of carbonyl (C=O) groups is 2. The average molecular weight is 413 g/mol. The summed E-state index contributed by atoms with van der Waals surface area (Å²) in [6.07, 6.45) is 4.89. The summed E-state index contributed by atoms with van der Waals surface area (Å²) >= 11 is 0. The summed E-state index contributed by atoms with van der Waals surface area (Å²) in [6, 6.07) is 16.4. The van der Waals surface area contributed by atoms with Crippen LogP contribution in [0.4, 0.5) is 16.4 Å². The molecular weight excluding hydrogens is 394 g/mol. The van der Waals surface area contributed by atoms with Gasteiger partial charge in [-0.05, 0) is 30.5 Å². The minimum Gasteiger partial charge on any atom is -0.328 e. The standard InChI is InChI=1S/C22H19N7O2/c30-20(16-8-4-5-11-23-16)26-19-15-13-24-18(12-17(15)28-29-19)25-21(31)27-22(9-10-22)14-6-2-1-3-7-14/h1-8,11-13H,9-10H2,(H2,24,25,27,31)(H2,26,28,29,30). The molecule has 3 aromatic heterocycles. The summed E-state index contributed by atoms with van der Waals surface area (Å²) in [5.41, 5.74) is 1.70. The van der Waals surface area contributed by atoms with Crippen molar-refractivity contribution in [2.24, 2.45) is 0 Å². The Bertz CT molecular complexity index is 1250. The van der Waals surface area contributed by atoms with Gasteiger partial charge in [-0.2, -0.15) is 5.10 Å². The van der Waals surface area contributed by atoms with Gasteiger partial charge in [-0.25, -0.2) is 9.78 Å². The van der Waals surface area contributed by atoms with E-state index in [-0.39, 0.29) is 23.2 Å². The molecule has 3 amide bonds. The molecule has 0 atom stereocenters. The number of aromatic nitrogens is 4. The van der Waals surface area contributed by atoms with Crippen LogP contribution in [-0.4, -0.2) is 32.1 Å². The molecule has 0 unspecified atom stereocenters. The highest BCUT2D eigenvalue weighted by atomic mass is 16.2. The molecule has 0 spiro atoms. The van der Waals surface area contributed by atoms with E-state index in [1.165, 1.54) is 0 Å². The van der Waals surface area contributed by atoms with Crippen LogP contribution in [0.3, 0.4) is 0 Å². The Kier molecular flexibility index (Phi) is 4.55. The molecule has 1 aliphatic rings. The van der Waals surface area contributed by atoms with Gasteiger partial charge in [0, 0.05) is 18.5 Å². The molecule has 1 saturated carbocycles. The summed E-state index contributed by atoms with van der Waals surface area (Å²) < 4.78 is 0. The van der Waals surface area contributed by atoms with Crippen molar-refractivity contribution in [2.45, 2.75) is 18.4 Å². The first-order valence-electron chi connectivity index (χ1n) is 9.84. The van der Waals surface area contributed by atoms with Crippen LogP contribution in [0.25, 0.3) is 10.9 Å². The zero-order valence-corrected chi connectivity index (χ0v) is 16.4. The zero-order chi connectivity index (χ0) is 21.3. The minimum absolute atomic E-state index is 0.286. The number of anilines is 2. The zero-order valence-electron chi connectivity index (χ0n) is 16.4. The maximum atomic E-state index is 12.5. The molecule has 4 N–H and O–H groups in total. The second kappa shape index (κ2) is 7.52. The molecule has 1 fully saturated rings. The predicted molar refractivity (Wildman–Crippen MR) is 116 cm³/mol. The second-order valence-corrected chi connectivity index (χ2v) is 7.38. The van der Waals surface area contributed by atoms with Gasteiger partial charge in [0.25, 0.3) is 5.91 Å². The molecule has 5 rings (SSSR count). The summed E-state index contributed by atoms with van der Waals surface area (Å²) in [6.45, 7) is 0. The lowest BCUT2D eigenvalue weighted by molar-refractivity contribution is 0.102. The van der Waals surface area contributed by atoms with Crippen molar-refractivity contribution < 1.29 is 9.59 Å². The molecule has 0 bridgehead atoms. The van der Waals surface area contributed by atoms with Gasteiger partial charge in [0.2, 0.25) is 0 Å². The van der Waals surface area contributed by atoms with E-state index in [4.69, 9.17) is 0 Å². The van der Waals surface area contributed by atoms with Crippen LogP contribution in [0.2, 0.25) is 0 Å². The number of aromatic amines is 1. The van der Waals surface area contributed by atoms with Gasteiger partial charge >= 0.3 is 6.03 Å². The third-order valence-corrected chi connectivity index (χ3v) is 5.25. The summed E-state index contributed by atoms with van der Waals surface area (Å²) in [5, 5.41) is 16.1. The van der Waals surface area contributed by atoms with Gasteiger partial charge in [-0.15, -0.1) is 0 Å². The maximum absolute atomic E-state index is 12.5. The van der Waals surface area contributed by atoms with Crippen molar-refractivity contribution in [3.63, 3.8) is 0 Å². The van der Waals surface area contributed by atoms with Crippen LogP contribution >= 0.6 is 0 Å². The third-order valence-electron chi connectivity index (χ3n) is 5.25. The Morgan fingerprint density at radius 3 is 2.52 bits per heavy atom. The van der Waals surface area contributed by atoms with Crippen molar-refractivity contribution in [3.8, 4) is 0 Å². The first kappa shape index (κ1) is 18.7. The number of carbonyl (C=O) groups excluding carboxylic acids is 2. The van der Waals surface area contributed by atoms with Crippen molar-refractivity contribution in [2.75, 3.05) is 10.6 Å². The number of hydrogen-bond acceptors (Lipinski definition) is 5. The van der Waals surface area contributed by atoms with E-state index in [0.717, 1.165) is 18.4 Å². The fraction of sp³-hybridized carbons (Fsp3) is 0.136. The van der Waals surface area contributed by atoms with Gasteiger partial charge < -0.3 is 10.6 Å². The first-order chi connectivity index (χ1) is 15.1. The molecular formula is C22H19N7O2. The van der Waals surface area contributed by atoms with Crippen LogP contribution in [0, 0.1) is 0 Å². The van der Waals surface area contributed by atoms with E-state index < -0.39 is 0 Å². The Hall–Kier alpha value is -4.27. The lowest BCUT2D eigenvalue weighted by Gasteiger charge is -2.18. The molecule has 3 heterocycles. The molecule has 4 aromatic rings. The number of urea groups is 1. The molecule has 31 heavy (non-hydrogen) atoms. The molecule has 154 valence electrons. The highest BCUT2D eigenvalue weighted by Crippen LogP contribution is 2.45. The van der Waals surface area contributed by atoms with Crippen LogP contribution in [0.15, 0.2) is 67.0 Å². The number of amides is 3. The molecule has 1 aromatic carbocycles. The van der Waals surface area contributed by atoms with Gasteiger partial charge in [0.1, 0.15) is 11.5 Å². The number of nitrogens with one attached hydrogen (secondary N) is 4. The molecule has 0 aliphatic heterocycles. The van der Waals surface area contributed by atoms with Gasteiger partial charge in [0.15, 0.2) is 5.82 Å². The lowest BCUT2D eigenvalue weighted by atomic mass is 10.1. The number of benzene rings is 1. The van der Waals surface area contributed by atoms with Crippen molar-refractivity contribution >= 4 is 34.5 Å². The van der Waals surface area contributed by atoms with Crippen molar-refractivity contribution in [1.29, 1.82) is 0 Å². The molecule has 9 heteroatoms. The van der Waals surface area contributed by atoms with E-state index in [9.17, 15) is 9.59 Å². The number of fused-ring (bicyclic) bond motifs is 1. The Morgan fingerprint density at radius 2 is 1.77 bits per heavy atom. The van der Waals surface area contributed by atoms with Gasteiger partial charge in [-0.1, -0.05) is 36.4 Å². The third kappa shape index (κ3) is 3.80. The quantitative estimate of drug-likeness (QED) is 0.399. The molecule has 9 nitrogen and oxygen atoms in total. The van der Waals surface area contributed by atoms with E-state index in [1.807, 2.05) is 30.3 Å². The second-order valence-electron chi connectivity index (χ2n) is 7.38. The van der Waals surface area contributed by atoms with Crippen LogP contribution < -0.4 is 16.0 Å². The highest BCUT2D eigenvalue weighted by molar-refractivity contribution is 6.07. The van der Waals surface area contributed by atoms with E-state index in [0.29, 0.717) is 22.5 Å². The summed E-state index contributed by atoms with van der Waals surface area (Å²) in [4.78, 5) is 33.1. The topological polar surface area (TPSA) is 125 Å². The average Bonchev–Trinajstić information content (AvgIpc) is 3.48. The molecule has 0 radical (unpaired) electrons. The van der Waals surface area contributed by atoms with E-state index in [2.05, 4.69) is 36.1 Å². The van der Waals surface area contributed by atoms with Crippen LogP contribution in [0.1, 0.15) is 28.9 Å². The Balaban J connectivity index is 1.28. The SMILES string of the molecule is O=C(Nc1cc2[nH]nc(NC(=O)c3ccccn3)c2cn1)NC1(c2ccccc2)CC1. The predicted octanol–water partition coefficient (Wildman–Crippen LogP) is 3.42. The number of pyridine rings is 2. The van der Waals surface area contributed by atoms with Gasteiger partial charge in [0.05, 0.1) is 16.4 Å². The minimum atomic E-state index is -0.369. The monoisotopic (exact) mass is 413 g/mol. The maximum Gasteiger partial charge on any atom is 0.321 e. The summed E-state index contributed by atoms with van der Waals surface area (Å²) in [5.74, 6) is 0.349.